The molecule has 32 heavy (non-hydrogen) atoms. The van der Waals surface area contributed by atoms with Gasteiger partial charge in [-0.2, -0.15) is 0 Å². The van der Waals surface area contributed by atoms with Crippen LogP contribution < -0.4 is 0 Å². The number of aryl methyl sites for hydroxylation is 2. The van der Waals surface area contributed by atoms with Crippen LogP contribution in [0.1, 0.15) is 56.0 Å². The van der Waals surface area contributed by atoms with Crippen LogP contribution in [0.25, 0.3) is 0 Å². The van der Waals surface area contributed by atoms with Gasteiger partial charge in [0.25, 0.3) is 0 Å². The lowest BCUT2D eigenvalue weighted by Gasteiger charge is -2.21. The fourth-order valence-electron chi connectivity index (χ4n) is 4.34. The van der Waals surface area contributed by atoms with Crippen LogP contribution in [-0.4, -0.2) is 38.5 Å². The number of aromatic nitrogens is 4. The Bertz CT molecular complexity index is 936. The Morgan fingerprint density at radius 2 is 2.12 bits per heavy atom. The zero-order chi connectivity index (χ0) is 22.8. The molecule has 170 valence electrons. The van der Waals surface area contributed by atoms with Crippen LogP contribution >= 0.6 is 0 Å². The second-order valence-electron chi connectivity index (χ2n) is 8.49. The lowest BCUT2D eigenvalue weighted by atomic mass is 9.90. The van der Waals surface area contributed by atoms with E-state index in [0.29, 0.717) is 6.42 Å². The smallest absolute Gasteiger partial charge is 0.302 e. The number of ether oxygens (including phenoxy) is 1. The van der Waals surface area contributed by atoms with Crippen molar-refractivity contribution < 1.29 is 14.3 Å². The van der Waals surface area contributed by atoms with Gasteiger partial charge in [0.1, 0.15) is 11.9 Å². The van der Waals surface area contributed by atoms with Gasteiger partial charge in [-0.05, 0) is 67.0 Å². The minimum Gasteiger partial charge on any atom is -0.462 e. The number of benzene rings is 1. The summed E-state index contributed by atoms with van der Waals surface area (Å²) in [7, 11) is 0. The first-order valence-corrected chi connectivity index (χ1v) is 11.3. The number of nitrogens with zero attached hydrogens (tertiary/aromatic N) is 3. The van der Waals surface area contributed by atoms with Crippen LogP contribution in [0.5, 0.6) is 0 Å². The van der Waals surface area contributed by atoms with E-state index in [0.717, 1.165) is 55.5 Å². The first kappa shape index (κ1) is 23.6. The normalized spacial score (nSPS) is 20.9. The molecular formula is C25H32N4O3. The van der Waals surface area contributed by atoms with Crippen molar-refractivity contribution in [3.63, 3.8) is 0 Å². The number of esters is 1. The van der Waals surface area contributed by atoms with Gasteiger partial charge >= 0.3 is 5.97 Å². The molecule has 2 aromatic rings. The third kappa shape index (κ3) is 7.55. The van der Waals surface area contributed by atoms with E-state index in [1.807, 2.05) is 37.3 Å². The predicted molar refractivity (Wildman–Crippen MR) is 122 cm³/mol. The first-order valence-electron chi connectivity index (χ1n) is 11.3. The van der Waals surface area contributed by atoms with Gasteiger partial charge in [-0.1, -0.05) is 48.1 Å². The molecule has 7 heteroatoms. The topological polar surface area (TPSA) is 97.8 Å². The summed E-state index contributed by atoms with van der Waals surface area (Å²) >= 11 is 0. The maximum atomic E-state index is 12.5. The molecule has 7 nitrogen and oxygen atoms in total. The van der Waals surface area contributed by atoms with E-state index in [4.69, 9.17) is 4.74 Å². The van der Waals surface area contributed by atoms with Gasteiger partial charge in [-0.3, -0.25) is 9.59 Å². The Morgan fingerprint density at radius 1 is 1.25 bits per heavy atom. The van der Waals surface area contributed by atoms with E-state index >= 15 is 0 Å². The zero-order valence-electron chi connectivity index (χ0n) is 18.9. The Balaban J connectivity index is 1.53. The SMILES string of the molecule is CC(=O)OC1CCC(C=CC(=O)Cc2cccc(C)c2)C1C/C=C\CCCc1nnn[nH]1. The molecule has 3 atom stereocenters. The number of rotatable bonds is 11. The van der Waals surface area contributed by atoms with Crippen LogP contribution in [0.4, 0.5) is 0 Å². The van der Waals surface area contributed by atoms with Gasteiger partial charge in [0.15, 0.2) is 5.78 Å². The summed E-state index contributed by atoms with van der Waals surface area (Å²) in [6.07, 6.45) is 13.7. The Morgan fingerprint density at radius 3 is 2.88 bits per heavy atom. The molecule has 3 unspecified atom stereocenters. The molecule has 0 bridgehead atoms. The van der Waals surface area contributed by atoms with E-state index in [9.17, 15) is 9.59 Å². The molecule has 1 fully saturated rings. The van der Waals surface area contributed by atoms with Gasteiger partial charge in [0.05, 0.1) is 0 Å². The second kappa shape index (κ2) is 12.1. The Labute approximate surface area is 189 Å². The molecule has 0 aliphatic heterocycles. The van der Waals surface area contributed by atoms with Crippen LogP contribution in [0, 0.1) is 18.8 Å². The molecular weight excluding hydrogens is 404 g/mol. The van der Waals surface area contributed by atoms with Crippen molar-refractivity contribution in [2.75, 3.05) is 0 Å². The number of H-pyrrole nitrogens is 1. The van der Waals surface area contributed by atoms with Crippen molar-refractivity contribution in [2.24, 2.45) is 11.8 Å². The molecule has 1 saturated carbocycles. The third-order valence-electron chi connectivity index (χ3n) is 5.87. The monoisotopic (exact) mass is 436 g/mol. The minimum atomic E-state index is -0.246. The van der Waals surface area contributed by atoms with Crippen LogP contribution in [-0.2, 0) is 27.2 Å². The molecule has 1 aliphatic rings. The van der Waals surface area contributed by atoms with Crippen molar-refractivity contribution in [1.82, 2.24) is 20.6 Å². The molecule has 1 N–H and O–H groups in total. The fourth-order valence-corrected chi connectivity index (χ4v) is 4.34. The molecule has 0 radical (unpaired) electrons. The maximum absolute atomic E-state index is 12.5. The first-order chi connectivity index (χ1) is 15.5. The number of nitrogens with one attached hydrogen (secondary N) is 1. The number of carbonyl (C=O) groups is 2. The summed E-state index contributed by atoms with van der Waals surface area (Å²) in [4.78, 5) is 24.0. The van der Waals surface area contributed by atoms with Crippen molar-refractivity contribution in [3.05, 3.63) is 65.5 Å². The van der Waals surface area contributed by atoms with Gasteiger partial charge in [0.2, 0.25) is 0 Å². The molecule has 1 aliphatic carbocycles. The predicted octanol–water partition coefficient (Wildman–Crippen LogP) is 4.10. The average molecular weight is 437 g/mol. The van der Waals surface area contributed by atoms with Crippen LogP contribution in [0.2, 0.25) is 0 Å². The van der Waals surface area contributed by atoms with E-state index in [-0.39, 0.29) is 29.7 Å². The van der Waals surface area contributed by atoms with Crippen molar-refractivity contribution >= 4 is 11.8 Å². The number of hydrogen-bond donors (Lipinski definition) is 1. The van der Waals surface area contributed by atoms with E-state index < -0.39 is 0 Å². The van der Waals surface area contributed by atoms with Gasteiger partial charge in [0, 0.05) is 25.7 Å². The molecule has 1 aromatic carbocycles. The lowest BCUT2D eigenvalue weighted by Crippen LogP contribution is -2.23. The summed E-state index contributed by atoms with van der Waals surface area (Å²) < 4.78 is 5.58. The summed E-state index contributed by atoms with van der Waals surface area (Å²) in [6.45, 7) is 3.49. The highest BCUT2D eigenvalue weighted by Crippen LogP contribution is 2.38. The zero-order valence-corrected chi connectivity index (χ0v) is 18.9. The van der Waals surface area contributed by atoms with Crippen LogP contribution in [0.3, 0.4) is 0 Å². The summed E-state index contributed by atoms with van der Waals surface area (Å²) in [6, 6.07) is 8.04. The largest absolute Gasteiger partial charge is 0.462 e. The Hall–Kier alpha value is -3.09. The minimum absolute atomic E-state index is 0.0982. The van der Waals surface area contributed by atoms with E-state index in [2.05, 4.69) is 32.8 Å². The second-order valence-corrected chi connectivity index (χ2v) is 8.49. The number of aromatic amines is 1. The maximum Gasteiger partial charge on any atom is 0.302 e. The number of carbonyl (C=O) groups excluding carboxylic acids is 2. The molecule has 1 heterocycles. The number of tetrazole rings is 1. The quantitative estimate of drug-likeness (QED) is 0.246. The summed E-state index contributed by atoms with van der Waals surface area (Å²) in [5.74, 6) is 1.07. The lowest BCUT2D eigenvalue weighted by molar-refractivity contribution is -0.148. The van der Waals surface area contributed by atoms with Crippen molar-refractivity contribution in [3.8, 4) is 0 Å². The highest BCUT2D eigenvalue weighted by atomic mass is 16.5. The standard InChI is InChI=1S/C25H32N4O3/c1-18-8-7-9-20(16-18)17-22(31)14-12-21-13-15-24(32-19(2)30)23(21)10-5-3-4-6-11-25-26-28-29-27-25/h3,5,7-9,12,14,16,21,23-24H,4,6,10-11,13,15,17H2,1-2H3,(H,26,27,28,29)/b5-3-,14-12?. The molecule has 0 saturated heterocycles. The molecule has 1 aromatic heterocycles. The number of allylic oxidation sites excluding steroid dienone is 4. The summed E-state index contributed by atoms with van der Waals surface area (Å²) in [5.41, 5.74) is 2.19. The Kier molecular flexibility index (Phi) is 8.90. The average Bonchev–Trinajstić information content (AvgIpc) is 3.39. The fraction of sp³-hybridized carbons (Fsp3) is 0.480. The molecule has 0 spiro atoms. The van der Waals surface area contributed by atoms with E-state index in [1.54, 1.807) is 6.08 Å². The van der Waals surface area contributed by atoms with Gasteiger partial charge < -0.3 is 4.74 Å². The number of ketones is 1. The van der Waals surface area contributed by atoms with Gasteiger partial charge in [-0.15, -0.1) is 5.10 Å². The number of unbranched alkanes of at least 4 members (excludes halogenated alkanes) is 1. The highest BCUT2D eigenvalue weighted by molar-refractivity contribution is 5.91. The van der Waals surface area contributed by atoms with Crippen LogP contribution in [0.15, 0.2) is 48.6 Å². The molecule has 0 amide bonds. The summed E-state index contributed by atoms with van der Waals surface area (Å²) in [5, 5.41) is 13.8. The van der Waals surface area contributed by atoms with E-state index in [1.165, 1.54) is 6.92 Å². The van der Waals surface area contributed by atoms with Crippen molar-refractivity contribution in [2.45, 2.75) is 64.9 Å². The highest BCUT2D eigenvalue weighted by Gasteiger charge is 2.36. The van der Waals surface area contributed by atoms with Crippen molar-refractivity contribution in [1.29, 1.82) is 0 Å². The van der Waals surface area contributed by atoms with Gasteiger partial charge in [-0.25, -0.2) is 5.10 Å². The third-order valence-corrected chi connectivity index (χ3v) is 5.87. The number of hydrogen-bond acceptors (Lipinski definition) is 6. The molecule has 3 rings (SSSR count).